The van der Waals surface area contributed by atoms with Gasteiger partial charge in [0.15, 0.2) is 23.1 Å². The van der Waals surface area contributed by atoms with Gasteiger partial charge in [-0.1, -0.05) is 12.1 Å². The van der Waals surface area contributed by atoms with Crippen LogP contribution in [0.1, 0.15) is 32.9 Å². The third-order valence-electron chi connectivity index (χ3n) is 6.11. The molecule has 35 heavy (non-hydrogen) atoms. The normalized spacial score (nSPS) is 15.2. The molecule has 1 saturated heterocycles. The van der Waals surface area contributed by atoms with Crippen molar-refractivity contribution in [1.82, 2.24) is 30.0 Å². The highest BCUT2D eigenvalue weighted by molar-refractivity contribution is 7.09. The highest BCUT2D eigenvalue weighted by atomic mass is 32.1. The van der Waals surface area contributed by atoms with Crippen LogP contribution in [-0.2, 0) is 6.54 Å². The largest absolute Gasteiger partial charge is 0.493 e. The number of amides is 1. The first-order valence-electron chi connectivity index (χ1n) is 11.2. The van der Waals surface area contributed by atoms with Gasteiger partial charge in [0.1, 0.15) is 0 Å². The molecule has 1 aliphatic rings. The maximum Gasteiger partial charge on any atom is 0.289 e. The van der Waals surface area contributed by atoms with Crippen LogP contribution in [0.4, 0.5) is 0 Å². The van der Waals surface area contributed by atoms with Crippen molar-refractivity contribution in [3.05, 3.63) is 76.1 Å². The van der Waals surface area contributed by atoms with Crippen LogP contribution in [0.5, 0.6) is 11.5 Å². The number of hydrogen-bond donors (Lipinski definition) is 0. The molecule has 5 rings (SSSR count). The molecule has 11 heteroatoms. The third kappa shape index (κ3) is 4.77. The van der Waals surface area contributed by atoms with E-state index in [1.54, 1.807) is 37.7 Å². The molecule has 4 aromatic rings. The van der Waals surface area contributed by atoms with E-state index >= 15 is 0 Å². The third-order valence-corrected chi connectivity index (χ3v) is 6.97. The van der Waals surface area contributed by atoms with E-state index in [1.165, 1.54) is 11.1 Å². The first kappa shape index (κ1) is 23.1. The Labute approximate surface area is 206 Å². The molecule has 4 heterocycles. The lowest BCUT2D eigenvalue weighted by molar-refractivity contribution is 0.0559. The summed E-state index contributed by atoms with van der Waals surface area (Å²) in [6.07, 6.45) is 1.52. The Morgan fingerprint density at radius 3 is 2.60 bits per heavy atom. The van der Waals surface area contributed by atoms with Gasteiger partial charge in [0.05, 0.1) is 33.1 Å². The molecule has 0 spiro atoms. The van der Waals surface area contributed by atoms with Crippen molar-refractivity contribution in [3.63, 3.8) is 0 Å². The fourth-order valence-electron chi connectivity index (χ4n) is 4.36. The molecule has 182 valence electrons. The number of nitrogens with zero attached hydrogens (tertiary/aromatic N) is 6. The maximum atomic E-state index is 12.8. The highest BCUT2D eigenvalue weighted by Crippen LogP contribution is 2.35. The van der Waals surface area contributed by atoms with Gasteiger partial charge in [0.2, 0.25) is 0 Å². The summed E-state index contributed by atoms with van der Waals surface area (Å²) in [5.41, 5.74) is 0.982. The zero-order valence-electron chi connectivity index (χ0n) is 19.5. The molecule has 1 atom stereocenters. The van der Waals surface area contributed by atoms with Crippen molar-refractivity contribution in [2.45, 2.75) is 12.6 Å². The van der Waals surface area contributed by atoms with Crippen molar-refractivity contribution >= 4 is 17.2 Å². The number of methoxy groups -OCH3 is 2. The lowest BCUT2D eigenvalue weighted by Crippen LogP contribution is -2.50. The molecule has 10 nitrogen and oxygen atoms in total. The van der Waals surface area contributed by atoms with Gasteiger partial charge < -0.3 is 18.8 Å². The molecule has 1 amide bonds. The van der Waals surface area contributed by atoms with Gasteiger partial charge in [0.25, 0.3) is 5.91 Å². The summed E-state index contributed by atoms with van der Waals surface area (Å²) in [6, 6.07) is 13.1. The number of rotatable bonds is 8. The molecule has 0 N–H and O–H groups in total. The standard InChI is InChI=1S/C24H26N6O4S/c1-32-19-8-7-17(15-21(19)33-2)22(23-25-26-27-30(23)16-18-5-4-14-35-18)28-9-11-29(12-10-28)24(31)20-6-3-13-34-20/h3-8,13-15,22H,9-12,16H2,1-2H3/t22-/m0/s1. The summed E-state index contributed by atoms with van der Waals surface area (Å²) in [6.45, 7) is 3.01. The Morgan fingerprint density at radius 1 is 1.09 bits per heavy atom. The van der Waals surface area contributed by atoms with Gasteiger partial charge in [-0.05, 0) is 51.7 Å². The highest BCUT2D eigenvalue weighted by Gasteiger charge is 2.33. The minimum atomic E-state index is -0.231. The summed E-state index contributed by atoms with van der Waals surface area (Å²) in [5, 5.41) is 14.8. The number of carbonyl (C=O) groups excluding carboxylic acids is 1. The molecule has 1 aliphatic heterocycles. The van der Waals surface area contributed by atoms with E-state index in [9.17, 15) is 4.79 Å². The predicted octanol–water partition coefficient (Wildman–Crippen LogP) is 2.94. The van der Waals surface area contributed by atoms with Crippen LogP contribution in [0.25, 0.3) is 0 Å². The Bertz CT molecular complexity index is 1250. The van der Waals surface area contributed by atoms with E-state index < -0.39 is 0 Å². The number of furan rings is 1. The average molecular weight is 495 g/mol. The van der Waals surface area contributed by atoms with E-state index in [0.29, 0.717) is 50.0 Å². The summed E-state index contributed by atoms with van der Waals surface area (Å²) < 4.78 is 18.2. The lowest BCUT2D eigenvalue weighted by atomic mass is 10.0. The van der Waals surface area contributed by atoms with Crippen molar-refractivity contribution in [3.8, 4) is 11.5 Å². The van der Waals surface area contributed by atoms with Crippen molar-refractivity contribution < 1.29 is 18.7 Å². The van der Waals surface area contributed by atoms with Crippen molar-refractivity contribution in [2.75, 3.05) is 40.4 Å². The Kier molecular flexibility index (Phi) is 6.77. The number of ether oxygens (including phenoxy) is 2. The smallest absolute Gasteiger partial charge is 0.289 e. The number of carbonyl (C=O) groups is 1. The van der Waals surface area contributed by atoms with Crippen LogP contribution >= 0.6 is 11.3 Å². The number of benzene rings is 1. The fourth-order valence-corrected chi connectivity index (χ4v) is 5.04. The topological polar surface area (TPSA) is 98.8 Å². The second kappa shape index (κ2) is 10.3. The van der Waals surface area contributed by atoms with Gasteiger partial charge >= 0.3 is 0 Å². The first-order chi connectivity index (χ1) is 17.2. The van der Waals surface area contributed by atoms with Gasteiger partial charge in [-0.15, -0.1) is 16.4 Å². The molecule has 0 radical (unpaired) electrons. The molecule has 1 fully saturated rings. The van der Waals surface area contributed by atoms with Crippen molar-refractivity contribution in [1.29, 1.82) is 0 Å². The number of hydrogen-bond acceptors (Lipinski definition) is 9. The van der Waals surface area contributed by atoms with Gasteiger partial charge in [-0.25, -0.2) is 4.68 Å². The van der Waals surface area contributed by atoms with Gasteiger partial charge in [0, 0.05) is 31.1 Å². The Hall–Kier alpha value is -3.70. The quantitative estimate of drug-likeness (QED) is 0.369. The van der Waals surface area contributed by atoms with Crippen LogP contribution in [0.3, 0.4) is 0 Å². The fraction of sp³-hybridized carbons (Fsp3) is 0.333. The second-order valence-electron chi connectivity index (χ2n) is 8.10. The molecule has 0 bridgehead atoms. The average Bonchev–Trinajstić information content (AvgIpc) is 3.69. The van der Waals surface area contributed by atoms with Crippen LogP contribution in [-0.4, -0.2) is 76.3 Å². The van der Waals surface area contributed by atoms with Crippen LogP contribution < -0.4 is 9.47 Å². The minimum Gasteiger partial charge on any atom is -0.493 e. The number of piperazine rings is 1. The van der Waals surface area contributed by atoms with Gasteiger partial charge in [-0.2, -0.15) is 0 Å². The zero-order chi connectivity index (χ0) is 24.2. The Morgan fingerprint density at radius 2 is 1.91 bits per heavy atom. The molecule has 0 saturated carbocycles. The molecule has 0 unspecified atom stereocenters. The van der Waals surface area contributed by atoms with E-state index in [-0.39, 0.29) is 11.9 Å². The maximum absolute atomic E-state index is 12.8. The summed E-state index contributed by atoms with van der Waals surface area (Å²) in [4.78, 5) is 18.0. The molecular formula is C24H26N6O4S. The second-order valence-corrected chi connectivity index (χ2v) is 9.13. The van der Waals surface area contributed by atoms with Gasteiger partial charge in [-0.3, -0.25) is 9.69 Å². The summed E-state index contributed by atoms with van der Waals surface area (Å²) >= 11 is 1.67. The number of tetrazole rings is 1. The molecule has 0 aliphatic carbocycles. The zero-order valence-corrected chi connectivity index (χ0v) is 20.4. The lowest BCUT2D eigenvalue weighted by Gasteiger charge is -2.38. The molecular weight excluding hydrogens is 468 g/mol. The summed E-state index contributed by atoms with van der Waals surface area (Å²) in [7, 11) is 3.24. The van der Waals surface area contributed by atoms with Crippen LogP contribution in [0.2, 0.25) is 0 Å². The first-order valence-corrected chi connectivity index (χ1v) is 12.1. The van der Waals surface area contributed by atoms with Crippen LogP contribution in [0, 0.1) is 0 Å². The van der Waals surface area contributed by atoms with E-state index in [0.717, 1.165) is 11.4 Å². The monoisotopic (exact) mass is 494 g/mol. The molecule has 1 aromatic carbocycles. The molecule has 3 aromatic heterocycles. The van der Waals surface area contributed by atoms with E-state index in [4.69, 9.17) is 13.9 Å². The van der Waals surface area contributed by atoms with E-state index in [2.05, 4.69) is 26.5 Å². The van der Waals surface area contributed by atoms with Crippen molar-refractivity contribution in [2.24, 2.45) is 0 Å². The Balaban J connectivity index is 1.45. The number of aromatic nitrogens is 4. The minimum absolute atomic E-state index is 0.0974. The SMILES string of the molecule is COc1ccc([C@@H](c2nnnn2Cc2cccs2)N2CCN(C(=O)c3ccco3)CC2)cc1OC. The van der Waals surface area contributed by atoms with Crippen LogP contribution in [0.15, 0.2) is 58.5 Å². The van der Waals surface area contributed by atoms with E-state index in [1.807, 2.05) is 39.2 Å². The number of thiophene rings is 1. The predicted molar refractivity (Wildman–Crippen MR) is 129 cm³/mol. The summed E-state index contributed by atoms with van der Waals surface area (Å²) in [5.74, 6) is 2.28.